The Hall–Kier alpha value is -1.79. The first-order valence-electron chi connectivity index (χ1n) is 11.0. The molecule has 0 aromatic rings. The lowest BCUT2D eigenvalue weighted by atomic mass is 10.1. The van der Waals surface area contributed by atoms with Crippen LogP contribution in [0.3, 0.4) is 0 Å². The Balaban J connectivity index is 1.50. The van der Waals surface area contributed by atoms with Gasteiger partial charge in [0.2, 0.25) is 11.8 Å². The number of guanidine groups is 1. The van der Waals surface area contributed by atoms with Crippen LogP contribution in [0.5, 0.6) is 0 Å². The van der Waals surface area contributed by atoms with Gasteiger partial charge in [-0.05, 0) is 37.5 Å². The molecule has 0 unspecified atom stereocenters. The summed E-state index contributed by atoms with van der Waals surface area (Å²) in [4.78, 5) is 32.5. The van der Waals surface area contributed by atoms with Crippen molar-refractivity contribution in [3.8, 4) is 0 Å². The fourth-order valence-electron chi connectivity index (χ4n) is 3.41. The first-order chi connectivity index (χ1) is 13.5. The van der Waals surface area contributed by atoms with Crippen LogP contribution in [-0.4, -0.2) is 73.9 Å². The Morgan fingerprint density at radius 2 is 1.61 bits per heavy atom. The summed E-state index contributed by atoms with van der Waals surface area (Å²) in [6, 6.07) is 0. The minimum absolute atomic E-state index is 0.219. The Morgan fingerprint density at radius 3 is 2.18 bits per heavy atom. The number of rotatable bonds is 10. The van der Waals surface area contributed by atoms with Crippen LogP contribution in [0.15, 0.2) is 4.99 Å². The van der Waals surface area contributed by atoms with E-state index in [1.165, 1.54) is 12.8 Å². The van der Waals surface area contributed by atoms with E-state index in [-0.39, 0.29) is 11.8 Å². The van der Waals surface area contributed by atoms with Crippen LogP contribution < -0.4 is 10.6 Å². The van der Waals surface area contributed by atoms with Gasteiger partial charge in [0.15, 0.2) is 5.96 Å². The summed E-state index contributed by atoms with van der Waals surface area (Å²) >= 11 is 0. The fourth-order valence-corrected chi connectivity index (χ4v) is 3.41. The van der Waals surface area contributed by atoms with Crippen molar-refractivity contribution in [2.75, 3.05) is 46.3 Å². The summed E-state index contributed by atoms with van der Waals surface area (Å²) in [6.45, 7) is 8.73. The number of carbonyl (C=O) groups excluding carboxylic acids is 2. The molecule has 1 saturated heterocycles. The topological polar surface area (TPSA) is 77.0 Å². The summed E-state index contributed by atoms with van der Waals surface area (Å²) in [5, 5.41) is 6.69. The van der Waals surface area contributed by atoms with Crippen LogP contribution in [0.4, 0.5) is 0 Å². The minimum Gasteiger partial charge on any atom is -0.356 e. The molecule has 0 aromatic carbocycles. The second-order valence-corrected chi connectivity index (χ2v) is 8.49. The summed E-state index contributed by atoms with van der Waals surface area (Å²) in [5.74, 6) is 2.55. The molecule has 160 valence electrons. The third-order valence-corrected chi connectivity index (χ3v) is 5.41. The molecule has 2 amide bonds. The van der Waals surface area contributed by atoms with Gasteiger partial charge in [0.1, 0.15) is 0 Å². The maximum absolute atomic E-state index is 12.4. The zero-order valence-corrected chi connectivity index (χ0v) is 18.0. The van der Waals surface area contributed by atoms with Crippen molar-refractivity contribution < 1.29 is 9.59 Å². The van der Waals surface area contributed by atoms with E-state index in [4.69, 9.17) is 0 Å². The quantitative estimate of drug-likeness (QED) is 0.337. The van der Waals surface area contributed by atoms with Crippen LogP contribution in [0.25, 0.3) is 0 Å². The number of unbranched alkanes of at least 4 members (excludes halogenated alkanes) is 2. The SMILES string of the molecule is CN=C(NCCCCCC(=O)N1CCN(C(=O)CC(C)C)CC1)NCC1CC1. The third-order valence-electron chi connectivity index (χ3n) is 5.41. The van der Waals surface area contributed by atoms with Gasteiger partial charge in [-0.2, -0.15) is 0 Å². The van der Waals surface area contributed by atoms with Gasteiger partial charge in [0.05, 0.1) is 0 Å². The molecule has 0 radical (unpaired) electrons. The van der Waals surface area contributed by atoms with Gasteiger partial charge in [-0.15, -0.1) is 0 Å². The van der Waals surface area contributed by atoms with Crippen LogP contribution in [0.2, 0.25) is 0 Å². The predicted molar refractivity (Wildman–Crippen MR) is 113 cm³/mol. The maximum Gasteiger partial charge on any atom is 0.222 e. The summed E-state index contributed by atoms with van der Waals surface area (Å²) in [5.41, 5.74) is 0. The largest absolute Gasteiger partial charge is 0.356 e. The van der Waals surface area contributed by atoms with Gasteiger partial charge in [-0.3, -0.25) is 14.6 Å². The molecular formula is C21H39N5O2. The first kappa shape index (κ1) is 22.5. The van der Waals surface area contributed by atoms with E-state index in [9.17, 15) is 9.59 Å². The molecule has 0 bridgehead atoms. The highest BCUT2D eigenvalue weighted by molar-refractivity contribution is 5.79. The molecule has 1 heterocycles. The van der Waals surface area contributed by atoms with Crippen molar-refractivity contribution in [1.82, 2.24) is 20.4 Å². The van der Waals surface area contributed by atoms with Crippen LogP contribution in [0, 0.1) is 11.8 Å². The molecule has 2 N–H and O–H groups in total. The highest BCUT2D eigenvalue weighted by Crippen LogP contribution is 2.27. The smallest absolute Gasteiger partial charge is 0.222 e. The number of aliphatic imine (C=N–C) groups is 1. The lowest BCUT2D eigenvalue weighted by molar-refractivity contribution is -0.140. The second-order valence-electron chi connectivity index (χ2n) is 8.49. The van der Waals surface area contributed by atoms with Crippen LogP contribution in [0.1, 0.15) is 58.8 Å². The van der Waals surface area contributed by atoms with Crippen molar-refractivity contribution in [2.45, 2.75) is 58.8 Å². The second kappa shape index (κ2) is 11.9. The molecule has 2 aliphatic rings. The molecule has 1 aliphatic carbocycles. The highest BCUT2D eigenvalue weighted by atomic mass is 16.2. The van der Waals surface area contributed by atoms with Crippen LogP contribution in [-0.2, 0) is 9.59 Å². The number of hydrogen-bond acceptors (Lipinski definition) is 3. The van der Waals surface area contributed by atoms with Crippen molar-refractivity contribution in [3.05, 3.63) is 0 Å². The number of amides is 2. The Bertz CT molecular complexity index is 523. The van der Waals surface area contributed by atoms with E-state index in [2.05, 4.69) is 29.5 Å². The molecule has 0 atom stereocenters. The van der Waals surface area contributed by atoms with E-state index in [0.717, 1.165) is 44.2 Å². The zero-order valence-electron chi connectivity index (χ0n) is 18.0. The summed E-state index contributed by atoms with van der Waals surface area (Å²) < 4.78 is 0. The molecule has 28 heavy (non-hydrogen) atoms. The monoisotopic (exact) mass is 393 g/mol. The molecule has 0 aromatic heterocycles. The van der Waals surface area contributed by atoms with Crippen molar-refractivity contribution in [3.63, 3.8) is 0 Å². The van der Waals surface area contributed by atoms with E-state index in [1.54, 1.807) is 7.05 Å². The number of carbonyl (C=O) groups is 2. The van der Waals surface area contributed by atoms with Gasteiger partial charge >= 0.3 is 0 Å². The van der Waals surface area contributed by atoms with Gasteiger partial charge in [-0.1, -0.05) is 20.3 Å². The standard InChI is InChI=1S/C21H39N5O2/c1-17(2)15-20(28)26-13-11-25(12-14-26)19(27)7-5-4-6-10-23-21(22-3)24-16-18-8-9-18/h17-18H,4-16H2,1-3H3,(H2,22,23,24). The molecule has 0 spiro atoms. The number of piperazine rings is 1. The highest BCUT2D eigenvalue weighted by Gasteiger charge is 2.24. The van der Waals surface area contributed by atoms with E-state index >= 15 is 0 Å². The lowest BCUT2D eigenvalue weighted by Gasteiger charge is -2.35. The molecule has 2 rings (SSSR count). The van der Waals surface area contributed by atoms with Gasteiger partial charge in [-0.25, -0.2) is 0 Å². The summed E-state index contributed by atoms with van der Waals surface area (Å²) in [6.07, 6.45) is 6.86. The predicted octanol–water partition coefficient (Wildman–Crippen LogP) is 1.84. The molecule has 7 heteroatoms. The average Bonchev–Trinajstić information content (AvgIpc) is 3.50. The van der Waals surface area contributed by atoms with Gasteiger partial charge < -0.3 is 20.4 Å². The Morgan fingerprint density at radius 1 is 0.964 bits per heavy atom. The van der Waals surface area contributed by atoms with Crippen molar-refractivity contribution in [1.29, 1.82) is 0 Å². The lowest BCUT2D eigenvalue weighted by Crippen LogP contribution is -2.50. The number of nitrogens with zero attached hydrogens (tertiary/aromatic N) is 3. The zero-order chi connectivity index (χ0) is 20.4. The third kappa shape index (κ3) is 8.48. The van der Waals surface area contributed by atoms with Crippen molar-refractivity contribution in [2.24, 2.45) is 16.8 Å². The van der Waals surface area contributed by atoms with E-state index in [0.29, 0.717) is 44.9 Å². The Kier molecular flexibility index (Phi) is 9.58. The Labute approximate surface area is 170 Å². The van der Waals surface area contributed by atoms with Crippen LogP contribution >= 0.6 is 0 Å². The number of hydrogen-bond donors (Lipinski definition) is 2. The average molecular weight is 394 g/mol. The molecule has 1 aliphatic heterocycles. The normalized spacial score (nSPS) is 17.8. The maximum atomic E-state index is 12.4. The minimum atomic E-state index is 0.219. The molecule has 2 fully saturated rings. The fraction of sp³-hybridized carbons (Fsp3) is 0.857. The van der Waals surface area contributed by atoms with Crippen molar-refractivity contribution >= 4 is 17.8 Å². The van der Waals surface area contributed by atoms with E-state index in [1.807, 2.05) is 9.80 Å². The molecule has 1 saturated carbocycles. The van der Waals surface area contributed by atoms with Gasteiger partial charge in [0, 0.05) is 59.2 Å². The molecule has 7 nitrogen and oxygen atoms in total. The summed E-state index contributed by atoms with van der Waals surface area (Å²) in [7, 11) is 1.80. The first-order valence-corrected chi connectivity index (χ1v) is 11.0. The molecular weight excluding hydrogens is 354 g/mol. The van der Waals surface area contributed by atoms with E-state index < -0.39 is 0 Å². The van der Waals surface area contributed by atoms with Gasteiger partial charge in [0.25, 0.3) is 0 Å². The number of nitrogens with one attached hydrogen (secondary N) is 2.